The zero-order chi connectivity index (χ0) is 11.1. The van der Waals surface area contributed by atoms with Gasteiger partial charge in [0.25, 0.3) is 0 Å². The Kier molecular flexibility index (Phi) is 4.58. The molecule has 0 saturated carbocycles. The minimum Gasteiger partial charge on any atom is -0.475 e. The molecular weight excluding hydrogens is 190 g/mol. The van der Waals surface area contributed by atoms with Crippen molar-refractivity contribution in [3.8, 4) is 11.9 Å². The lowest BCUT2D eigenvalue weighted by molar-refractivity contribution is 0.302. The van der Waals surface area contributed by atoms with Crippen LogP contribution in [0.2, 0.25) is 0 Å². The summed E-state index contributed by atoms with van der Waals surface area (Å²) in [6, 6.07) is 5.58. The predicted octanol–water partition coefficient (Wildman–Crippen LogP) is 1.25. The van der Waals surface area contributed by atoms with Crippen molar-refractivity contribution >= 4 is 0 Å². The van der Waals surface area contributed by atoms with E-state index in [4.69, 9.17) is 10.00 Å². The molecule has 0 aliphatic heterocycles. The average molecular weight is 205 g/mol. The number of nitrogens with zero attached hydrogens (tertiary/aromatic N) is 2. The maximum Gasteiger partial charge on any atom is 0.231 e. The van der Waals surface area contributed by atoms with E-state index in [1.807, 2.05) is 13.8 Å². The Balaban J connectivity index is 2.59. The molecular formula is C11H15N3O. The van der Waals surface area contributed by atoms with Crippen molar-refractivity contribution in [3.63, 3.8) is 0 Å². The summed E-state index contributed by atoms with van der Waals surface area (Å²) in [4.78, 5) is 4.17. The normalized spacial score (nSPS) is 9.67. The van der Waals surface area contributed by atoms with Crippen LogP contribution in [-0.2, 0) is 0 Å². The van der Waals surface area contributed by atoms with Gasteiger partial charge in [-0.05, 0) is 25.6 Å². The lowest BCUT2D eigenvalue weighted by atomic mass is 10.2. The van der Waals surface area contributed by atoms with Gasteiger partial charge in [-0.2, -0.15) is 5.26 Å². The SMILES string of the molecule is CCNCCOc1nc(C)ccc1C#N. The van der Waals surface area contributed by atoms with Crippen molar-refractivity contribution in [1.29, 1.82) is 5.26 Å². The van der Waals surface area contributed by atoms with Crippen LogP contribution < -0.4 is 10.1 Å². The number of aromatic nitrogens is 1. The van der Waals surface area contributed by atoms with Crippen LogP contribution in [0.3, 0.4) is 0 Å². The third-order valence-electron chi connectivity index (χ3n) is 1.89. The third kappa shape index (κ3) is 3.56. The van der Waals surface area contributed by atoms with E-state index in [2.05, 4.69) is 16.4 Å². The molecule has 0 amide bonds. The number of pyridine rings is 1. The average Bonchev–Trinajstić information content (AvgIpc) is 2.25. The van der Waals surface area contributed by atoms with E-state index < -0.39 is 0 Å². The van der Waals surface area contributed by atoms with E-state index in [-0.39, 0.29) is 0 Å². The number of nitrogens with one attached hydrogen (secondary N) is 1. The van der Waals surface area contributed by atoms with Crippen molar-refractivity contribution in [2.45, 2.75) is 13.8 Å². The molecule has 0 saturated heterocycles. The van der Waals surface area contributed by atoms with Gasteiger partial charge in [0.05, 0.1) is 0 Å². The molecule has 1 rings (SSSR count). The van der Waals surface area contributed by atoms with E-state index >= 15 is 0 Å². The van der Waals surface area contributed by atoms with Gasteiger partial charge in [-0.15, -0.1) is 0 Å². The molecule has 4 nitrogen and oxygen atoms in total. The molecule has 80 valence electrons. The molecule has 0 bridgehead atoms. The summed E-state index contributed by atoms with van der Waals surface area (Å²) in [7, 11) is 0. The lowest BCUT2D eigenvalue weighted by Gasteiger charge is -2.07. The number of rotatable bonds is 5. The van der Waals surface area contributed by atoms with E-state index in [1.165, 1.54) is 0 Å². The van der Waals surface area contributed by atoms with Gasteiger partial charge in [0, 0.05) is 12.2 Å². The summed E-state index contributed by atoms with van der Waals surface area (Å²) < 4.78 is 5.41. The summed E-state index contributed by atoms with van der Waals surface area (Å²) in [6.45, 7) is 6.11. The van der Waals surface area contributed by atoms with E-state index in [0.29, 0.717) is 18.1 Å². The Morgan fingerprint density at radius 1 is 1.53 bits per heavy atom. The van der Waals surface area contributed by atoms with Gasteiger partial charge in [-0.1, -0.05) is 6.92 Å². The Morgan fingerprint density at radius 2 is 2.33 bits per heavy atom. The fourth-order valence-electron chi connectivity index (χ4n) is 1.12. The summed E-state index contributed by atoms with van der Waals surface area (Å²) in [6.07, 6.45) is 0. The fraction of sp³-hybridized carbons (Fsp3) is 0.455. The largest absolute Gasteiger partial charge is 0.475 e. The molecule has 0 aromatic carbocycles. The molecule has 1 N–H and O–H groups in total. The first-order valence-electron chi connectivity index (χ1n) is 4.99. The number of nitriles is 1. The van der Waals surface area contributed by atoms with Crippen LogP contribution in [0.15, 0.2) is 12.1 Å². The molecule has 0 spiro atoms. The molecule has 0 fully saturated rings. The Bertz CT molecular complexity index is 357. The highest BCUT2D eigenvalue weighted by atomic mass is 16.5. The smallest absolute Gasteiger partial charge is 0.231 e. The fourth-order valence-corrected chi connectivity index (χ4v) is 1.12. The number of hydrogen-bond acceptors (Lipinski definition) is 4. The first-order chi connectivity index (χ1) is 7.27. The van der Waals surface area contributed by atoms with Crippen LogP contribution in [-0.4, -0.2) is 24.7 Å². The molecule has 1 aromatic heterocycles. The topological polar surface area (TPSA) is 57.9 Å². The highest BCUT2D eigenvalue weighted by Gasteiger charge is 2.04. The van der Waals surface area contributed by atoms with Gasteiger partial charge < -0.3 is 10.1 Å². The van der Waals surface area contributed by atoms with Crippen LogP contribution in [0.25, 0.3) is 0 Å². The molecule has 1 aromatic rings. The maximum atomic E-state index is 8.83. The van der Waals surface area contributed by atoms with Gasteiger partial charge in [0.1, 0.15) is 18.2 Å². The highest BCUT2D eigenvalue weighted by molar-refractivity contribution is 5.38. The number of hydrogen-bond donors (Lipinski definition) is 1. The highest BCUT2D eigenvalue weighted by Crippen LogP contribution is 2.14. The van der Waals surface area contributed by atoms with Crippen LogP contribution >= 0.6 is 0 Å². The third-order valence-corrected chi connectivity index (χ3v) is 1.89. The summed E-state index contributed by atoms with van der Waals surface area (Å²) >= 11 is 0. The monoisotopic (exact) mass is 205 g/mol. The molecule has 0 aliphatic rings. The Morgan fingerprint density at radius 3 is 3.00 bits per heavy atom. The zero-order valence-electron chi connectivity index (χ0n) is 9.08. The van der Waals surface area contributed by atoms with E-state index in [1.54, 1.807) is 12.1 Å². The minimum absolute atomic E-state index is 0.426. The van der Waals surface area contributed by atoms with Crippen molar-refractivity contribution in [2.24, 2.45) is 0 Å². The van der Waals surface area contributed by atoms with Crippen molar-refractivity contribution < 1.29 is 4.74 Å². The van der Waals surface area contributed by atoms with Crippen LogP contribution in [0.1, 0.15) is 18.2 Å². The summed E-state index contributed by atoms with van der Waals surface area (Å²) in [5.41, 5.74) is 1.34. The van der Waals surface area contributed by atoms with Crippen LogP contribution in [0.5, 0.6) is 5.88 Å². The summed E-state index contributed by atoms with van der Waals surface area (Å²) in [5, 5.41) is 12.0. The van der Waals surface area contributed by atoms with Gasteiger partial charge >= 0.3 is 0 Å². The quantitative estimate of drug-likeness (QED) is 0.735. The molecule has 0 atom stereocenters. The van der Waals surface area contributed by atoms with Gasteiger partial charge in [0.2, 0.25) is 5.88 Å². The second kappa shape index (κ2) is 5.99. The molecule has 4 heteroatoms. The molecule has 15 heavy (non-hydrogen) atoms. The molecule has 1 heterocycles. The van der Waals surface area contributed by atoms with E-state index in [9.17, 15) is 0 Å². The second-order valence-corrected chi connectivity index (χ2v) is 3.12. The molecule has 0 aliphatic carbocycles. The van der Waals surface area contributed by atoms with Crippen LogP contribution in [0, 0.1) is 18.3 Å². The maximum absolute atomic E-state index is 8.83. The van der Waals surface area contributed by atoms with Crippen LogP contribution in [0.4, 0.5) is 0 Å². The van der Waals surface area contributed by atoms with Crippen molar-refractivity contribution in [3.05, 3.63) is 23.4 Å². The first-order valence-corrected chi connectivity index (χ1v) is 4.99. The standard InChI is InChI=1S/C11H15N3O/c1-3-13-6-7-15-11-10(8-12)5-4-9(2)14-11/h4-5,13H,3,6-7H2,1-2H3. The molecule has 0 radical (unpaired) electrons. The predicted molar refractivity (Wildman–Crippen MR) is 57.7 cm³/mol. The van der Waals surface area contributed by atoms with Gasteiger partial charge in [-0.25, -0.2) is 4.98 Å². The van der Waals surface area contributed by atoms with Crippen molar-refractivity contribution in [2.75, 3.05) is 19.7 Å². The molecule has 0 unspecified atom stereocenters. The zero-order valence-corrected chi connectivity index (χ0v) is 9.08. The van der Waals surface area contributed by atoms with Crippen molar-refractivity contribution in [1.82, 2.24) is 10.3 Å². The Labute approximate surface area is 89.9 Å². The van der Waals surface area contributed by atoms with Gasteiger partial charge in [-0.3, -0.25) is 0 Å². The summed E-state index contributed by atoms with van der Waals surface area (Å²) in [5.74, 6) is 0.426. The Hall–Kier alpha value is -1.60. The number of aryl methyl sites for hydroxylation is 1. The lowest BCUT2D eigenvalue weighted by Crippen LogP contribution is -2.20. The first kappa shape index (κ1) is 11.5. The number of ether oxygens (including phenoxy) is 1. The van der Waals surface area contributed by atoms with Gasteiger partial charge in [0.15, 0.2) is 0 Å². The minimum atomic E-state index is 0.426. The van der Waals surface area contributed by atoms with E-state index in [0.717, 1.165) is 18.8 Å². The second-order valence-electron chi connectivity index (χ2n) is 3.12. The number of likely N-dealkylation sites (N-methyl/N-ethyl adjacent to an activating group) is 1.